The molecule has 1 N–H and O–H groups in total. The molecular formula is C7H16ClNO2. The maximum Gasteiger partial charge on any atom is 0.319 e. The first-order valence-corrected chi connectivity index (χ1v) is 3.58. The van der Waals surface area contributed by atoms with Crippen molar-refractivity contribution >= 4 is 18.4 Å². The lowest BCUT2D eigenvalue weighted by molar-refractivity contribution is -0.139. The molecule has 3 nitrogen and oxygen atoms in total. The third kappa shape index (κ3) is 9.72. The van der Waals surface area contributed by atoms with Crippen LogP contribution < -0.4 is 5.32 Å². The van der Waals surface area contributed by atoms with Gasteiger partial charge in [0.05, 0.1) is 13.7 Å². The lowest BCUT2D eigenvalue weighted by atomic mass is 10.3. The quantitative estimate of drug-likeness (QED) is 0.508. The van der Waals surface area contributed by atoms with E-state index in [1.807, 2.05) is 0 Å². The van der Waals surface area contributed by atoms with Crippen molar-refractivity contribution in [1.29, 1.82) is 0 Å². The van der Waals surface area contributed by atoms with E-state index in [9.17, 15) is 4.79 Å². The highest BCUT2D eigenvalue weighted by molar-refractivity contribution is 5.85. The van der Waals surface area contributed by atoms with Gasteiger partial charge in [0.1, 0.15) is 0 Å². The van der Waals surface area contributed by atoms with E-state index in [1.54, 1.807) is 0 Å². The molecule has 0 radical (unpaired) electrons. The summed E-state index contributed by atoms with van der Waals surface area (Å²) in [7, 11) is 1.39. The molecule has 0 aliphatic carbocycles. The Morgan fingerprint density at radius 3 is 2.64 bits per heavy atom. The zero-order valence-corrected chi connectivity index (χ0v) is 7.87. The number of carbonyl (C=O) groups is 1. The van der Waals surface area contributed by atoms with Crippen LogP contribution in [0.4, 0.5) is 0 Å². The van der Waals surface area contributed by atoms with Gasteiger partial charge in [-0.3, -0.25) is 4.79 Å². The van der Waals surface area contributed by atoms with Crippen LogP contribution in [0, 0.1) is 0 Å². The maximum absolute atomic E-state index is 10.5. The second-order valence-corrected chi connectivity index (χ2v) is 2.11. The minimum Gasteiger partial charge on any atom is -0.468 e. The molecule has 0 aromatic heterocycles. The number of unbranched alkanes of at least 4 members (excludes halogenated alkanes) is 1. The van der Waals surface area contributed by atoms with Gasteiger partial charge in [0.2, 0.25) is 0 Å². The van der Waals surface area contributed by atoms with Crippen LogP contribution in [-0.2, 0) is 9.53 Å². The average Bonchev–Trinajstić information content (AvgIpc) is 1.98. The van der Waals surface area contributed by atoms with Crippen molar-refractivity contribution in [3.8, 4) is 0 Å². The summed E-state index contributed by atoms with van der Waals surface area (Å²) < 4.78 is 4.43. The van der Waals surface area contributed by atoms with E-state index in [0.717, 1.165) is 19.4 Å². The molecule has 0 bridgehead atoms. The summed E-state index contributed by atoms with van der Waals surface area (Å²) in [5, 5.41) is 2.96. The predicted octanol–water partition coefficient (Wildman–Crippen LogP) is 0.971. The normalized spacial score (nSPS) is 8.55. The third-order valence-corrected chi connectivity index (χ3v) is 1.20. The Morgan fingerprint density at radius 1 is 1.55 bits per heavy atom. The van der Waals surface area contributed by atoms with Crippen LogP contribution in [0.15, 0.2) is 0 Å². The summed E-state index contributed by atoms with van der Waals surface area (Å²) in [5.41, 5.74) is 0. The fourth-order valence-corrected chi connectivity index (χ4v) is 0.564. The van der Waals surface area contributed by atoms with E-state index in [0.29, 0.717) is 6.54 Å². The number of carbonyl (C=O) groups excluding carboxylic acids is 1. The van der Waals surface area contributed by atoms with Gasteiger partial charge in [-0.15, -0.1) is 12.4 Å². The van der Waals surface area contributed by atoms with Crippen LogP contribution in [0.2, 0.25) is 0 Å². The minimum atomic E-state index is -0.198. The van der Waals surface area contributed by atoms with Crippen LogP contribution >= 0.6 is 12.4 Å². The lowest BCUT2D eigenvalue weighted by Gasteiger charge is -2.00. The van der Waals surface area contributed by atoms with Gasteiger partial charge in [-0.2, -0.15) is 0 Å². The first-order chi connectivity index (χ1) is 4.81. The molecule has 0 saturated heterocycles. The van der Waals surface area contributed by atoms with Gasteiger partial charge in [0.15, 0.2) is 0 Å². The SMILES string of the molecule is CCCCNCC(=O)OC.Cl. The summed E-state index contributed by atoms with van der Waals surface area (Å²) in [4.78, 5) is 10.5. The number of hydrogen-bond acceptors (Lipinski definition) is 3. The zero-order valence-electron chi connectivity index (χ0n) is 7.05. The first-order valence-electron chi connectivity index (χ1n) is 3.58. The number of halogens is 1. The Morgan fingerprint density at radius 2 is 2.18 bits per heavy atom. The Balaban J connectivity index is 0. The number of hydrogen-bond donors (Lipinski definition) is 1. The largest absolute Gasteiger partial charge is 0.468 e. The molecule has 0 aromatic rings. The van der Waals surface area contributed by atoms with Gasteiger partial charge in [0.25, 0.3) is 0 Å². The van der Waals surface area contributed by atoms with E-state index in [2.05, 4.69) is 17.0 Å². The highest BCUT2D eigenvalue weighted by Gasteiger charge is 1.95. The topological polar surface area (TPSA) is 38.3 Å². The van der Waals surface area contributed by atoms with E-state index in [4.69, 9.17) is 0 Å². The average molecular weight is 182 g/mol. The highest BCUT2D eigenvalue weighted by atomic mass is 35.5. The third-order valence-electron chi connectivity index (χ3n) is 1.20. The molecule has 0 spiro atoms. The van der Waals surface area contributed by atoms with Gasteiger partial charge in [-0.05, 0) is 13.0 Å². The standard InChI is InChI=1S/C7H15NO2.ClH/c1-3-4-5-8-6-7(9)10-2;/h8H,3-6H2,1-2H3;1H. The molecule has 0 unspecified atom stereocenters. The van der Waals surface area contributed by atoms with Crippen LogP contribution in [0.1, 0.15) is 19.8 Å². The molecule has 68 valence electrons. The molecule has 0 saturated carbocycles. The molecule has 0 aromatic carbocycles. The minimum absolute atomic E-state index is 0. The van der Waals surface area contributed by atoms with Crippen molar-refractivity contribution in [3.63, 3.8) is 0 Å². The van der Waals surface area contributed by atoms with Gasteiger partial charge in [-0.25, -0.2) is 0 Å². The molecule has 0 atom stereocenters. The highest BCUT2D eigenvalue weighted by Crippen LogP contribution is 1.81. The van der Waals surface area contributed by atoms with Crippen molar-refractivity contribution in [3.05, 3.63) is 0 Å². The van der Waals surface area contributed by atoms with Crippen LogP contribution in [-0.4, -0.2) is 26.2 Å². The van der Waals surface area contributed by atoms with Gasteiger partial charge in [-0.1, -0.05) is 13.3 Å². The number of nitrogens with one attached hydrogen (secondary N) is 1. The Kier molecular flexibility index (Phi) is 11.8. The summed E-state index contributed by atoms with van der Waals surface area (Å²) >= 11 is 0. The summed E-state index contributed by atoms with van der Waals surface area (Å²) in [6.45, 7) is 3.34. The monoisotopic (exact) mass is 181 g/mol. The molecular weight excluding hydrogens is 166 g/mol. The second-order valence-electron chi connectivity index (χ2n) is 2.11. The molecule has 0 fully saturated rings. The van der Waals surface area contributed by atoms with E-state index < -0.39 is 0 Å². The zero-order chi connectivity index (χ0) is 7.82. The first kappa shape index (κ1) is 13.3. The second kappa shape index (κ2) is 9.72. The van der Waals surface area contributed by atoms with Crippen molar-refractivity contribution in [2.75, 3.05) is 20.2 Å². The van der Waals surface area contributed by atoms with Gasteiger partial charge >= 0.3 is 5.97 Å². The number of esters is 1. The number of rotatable bonds is 5. The molecule has 4 heteroatoms. The Labute approximate surface area is 73.9 Å². The number of methoxy groups -OCH3 is 1. The van der Waals surface area contributed by atoms with Gasteiger partial charge in [0, 0.05) is 0 Å². The molecule has 11 heavy (non-hydrogen) atoms. The molecule has 0 heterocycles. The summed E-state index contributed by atoms with van der Waals surface area (Å²) in [5.74, 6) is -0.198. The molecule has 0 rings (SSSR count). The molecule has 0 amide bonds. The fourth-order valence-electron chi connectivity index (χ4n) is 0.564. The maximum atomic E-state index is 10.5. The van der Waals surface area contributed by atoms with Crippen molar-refractivity contribution in [1.82, 2.24) is 5.32 Å². The van der Waals surface area contributed by atoms with Crippen molar-refractivity contribution < 1.29 is 9.53 Å². The van der Waals surface area contributed by atoms with Crippen LogP contribution in [0.5, 0.6) is 0 Å². The van der Waals surface area contributed by atoms with Crippen molar-refractivity contribution in [2.45, 2.75) is 19.8 Å². The van der Waals surface area contributed by atoms with Crippen molar-refractivity contribution in [2.24, 2.45) is 0 Å². The van der Waals surface area contributed by atoms with Crippen LogP contribution in [0.3, 0.4) is 0 Å². The summed E-state index contributed by atoms with van der Waals surface area (Å²) in [6, 6.07) is 0. The van der Waals surface area contributed by atoms with E-state index in [1.165, 1.54) is 7.11 Å². The van der Waals surface area contributed by atoms with E-state index in [-0.39, 0.29) is 18.4 Å². The molecule has 0 aliphatic rings. The fraction of sp³-hybridized carbons (Fsp3) is 0.857. The Bertz CT molecular complexity index is 98.4. The number of ether oxygens (including phenoxy) is 1. The van der Waals surface area contributed by atoms with Gasteiger partial charge < -0.3 is 10.1 Å². The summed E-state index contributed by atoms with van der Waals surface area (Å²) in [6.07, 6.45) is 2.26. The van der Waals surface area contributed by atoms with E-state index >= 15 is 0 Å². The smallest absolute Gasteiger partial charge is 0.319 e. The predicted molar refractivity (Wildman–Crippen MR) is 47.0 cm³/mol. The molecule has 0 aliphatic heterocycles. The van der Waals surface area contributed by atoms with Crippen LogP contribution in [0.25, 0.3) is 0 Å². The Hall–Kier alpha value is -0.280. The lowest BCUT2D eigenvalue weighted by Crippen LogP contribution is -2.24.